The molecule has 0 radical (unpaired) electrons. The average molecular weight is 307 g/mol. The number of nitrogens with two attached hydrogens (primary N) is 1. The van der Waals surface area contributed by atoms with Crippen LogP contribution in [0.3, 0.4) is 0 Å². The first-order valence-electron chi connectivity index (χ1n) is 5.36. The minimum absolute atomic E-state index is 0.178. The number of benzene rings is 1. The molecule has 0 amide bonds. The predicted molar refractivity (Wildman–Crippen MR) is 71.5 cm³/mol. The smallest absolute Gasteiger partial charge is 0.0758 e. The van der Waals surface area contributed by atoms with E-state index in [2.05, 4.69) is 15.9 Å². The Bertz CT molecular complexity index is 359. The largest absolute Gasteiger partial charge is 0.391 e. The summed E-state index contributed by atoms with van der Waals surface area (Å²) < 4.78 is 0.842. The standard InChI is InChI=1S/C12H17BrClNO/c1-3-7(2)12(16)11(15)9-5-4-8(14)6-10(9)13/h4-7,11-12,16H,3,15H2,1-2H3/t7?,11-,12+/m0/s1. The van der Waals surface area contributed by atoms with E-state index < -0.39 is 6.10 Å². The van der Waals surface area contributed by atoms with E-state index in [1.165, 1.54) is 0 Å². The summed E-state index contributed by atoms with van der Waals surface area (Å²) in [5, 5.41) is 10.7. The van der Waals surface area contributed by atoms with Crippen molar-refractivity contribution in [3.05, 3.63) is 33.3 Å². The Morgan fingerprint density at radius 2 is 2.12 bits per heavy atom. The van der Waals surface area contributed by atoms with Gasteiger partial charge < -0.3 is 10.8 Å². The summed E-state index contributed by atoms with van der Waals surface area (Å²) in [4.78, 5) is 0. The van der Waals surface area contributed by atoms with Crippen LogP contribution in [0.4, 0.5) is 0 Å². The van der Waals surface area contributed by atoms with Gasteiger partial charge in [0.2, 0.25) is 0 Å². The summed E-state index contributed by atoms with van der Waals surface area (Å²) in [5.74, 6) is 0.178. The maximum absolute atomic E-state index is 10.1. The van der Waals surface area contributed by atoms with Crippen LogP contribution < -0.4 is 5.73 Å². The van der Waals surface area contributed by atoms with Crippen LogP contribution in [-0.2, 0) is 0 Å². The van der Waals surface area contributed by atoms with Crippen molar-refractivity contribution in [2.75, 3.05) is 0 Å². The quantitative estimate of drug-likeness (QED) is 0.894. The zero-order valence-corrected chi connectivity index (χ0v) is 11.8. The van der Waals surface area contributed by atoms with Gasteiger partial charge >= 0.3 is 0 Å². The van der Waals surface area contributed by atoms with Gasteiger partial charge in [0.05, 0.1) is 12.1 Å². The Labute approximate surface area is 110 Å². The van der Waals surface area contributed by atoms with Crippen molar-refractivity contribution in [3.8, 4) is 0 Å². The molecule has 0 bridgehead atoms. The monoisotopic (exact) mass is 305 g/mol. The summed E-state index contributed by atoms with van der Waals surface area (Å²) in [5.41, 5.74) is 6.93. The molecule has 1 aromatic rings. The highest BCUT2D eigenvalue weighted by Crippen LogP contribution is 2.29. The summed E-state index contributed by atoms with van der Waals surface area (Å²) in [6, 6.07) is 5.04. The summed E-state index contributed by atoms with van der Waals surface area (Å²) in [6.45, 7) is 4.03. The molecule has 1 unspecified atom stereocenters. The summed E-state index contributed by atoms with van der Waals surface area (Å²) in [6.07, 6.45) is 0.363. The van der Waals surface area contributed by atoms with Gasteiger partial charge in [-0.25, -0.2) is 0 Å². The van der Waals surface area contributed by atoms with Gasteiger partial charge in [-0.05, 0) is 23.6 Å². The van der Waals surface area contributed by atoms with Crippen LogP contribution in [-0.4, -0.2) is 11.2 Å². The molecule has 2 nitrogen and oxygen atoms in total. The lowest BCUT2D eigenvalue weighted by atomic mass is 9.92. The normalized spacial score (nSPS) is 16.9. The second-order valence-electron chi connectivity index (χ2n) is 4.07. The van der Waals surface area contributed by atoms with Gasteiger partial charge in [0.25, 0.3) is 0 Å². The van der Waals surface area contributed by atoms with Crippen molar-refractivity contribution in [2.24, 2.45) is 11.7 Å². The molecule has 0 aliphatic carbocycles. The number of hydrogen-bond donors (Lipinski definition) is 2. The molecule has 1 rings (SSSR count). The van der Waals surface area contributed by atoms with E-state index in [0.29, 0.717) is 5.02 Å². The summed E-state index contributed by atoms with van der Waals surface area (Å²) >= 11 is 9.27. The SMILES string of the molecule is CCC(C)[C@@H](O)[C@@H](N)c1ccc(Cl)cc1Br. The highest BCUT2D eigenvalue weighted by atomic mass is 79.9. The van der Waals surface area contributed by atoms with Crippen LogP contribution >= 0.6 is 27.5 Å². The third-order valence-corrected chi connectivity index (χ3v) is 3.84. The molecule has 0 aliphatic rings. The maximum atomic E-state index is 10.1. The van der Waals surface area contributed by atoms with Crippen LogP contribution in [0.2, 0.25) is 5.02 Å². The first-order valence-corrected chi connectivity index (χ1v) is 6.53. The fourth-order valence-electron chi connectivity index (χ4n) is 1.55. The molecule has 0 saturated carbocycles. The lowest BCUT2D eigenvalue weighted by molar-refractivity contribution is 0.0878. The van der Waals surface area contributed by atoms with Gasteiger partial charge in [0.15, 0.2) is 0 Å². The number of aliphatic hydroxyl groups is 1. The van der Waals surface area contributed by atoms with E-state index >= 15 is 0 Å². The Kier molecular flexibility index (Phi) is 5.25. The fourth-order valence-corrected chi connectivity index (χ4v) is 2.50. The third kappa shape index (κ3) is 3.20. The van der Waals surface area contributed by atoms with E-state index in [0.717, 1.165) is 16.5 Å². The van der Waals surface area contributed by atoms with E-state index in [1.807, 2.05) is 19.9 Å². The Morgan fingerprint density at radius 3 is 2.62 bits per heavy atom. The minimum atomic E-state index is -0.539. The van der Waals surface area contributed by atoms with E-state index in [-0.39, 0.29) is 12.0 Å². The first-order chi connectivity index (χ1) is 7.47. The highest BCUT2D eigenvalue weighted by Gasteiger charge is 2.23. The number of aliphatic hydroxyl groups excluding tert-OH is 1. The molecule has 0 fully saturated rings. The molecule has 1 aromatic carbocycles. The first kappa shape index (κ1) is 14.0. The highest BCUT2D eigenvalue weighted by molar-refractivity contribution is 9.10. The number of halogens is 2. The molecule has 0 aromatic heterocycles. The Hall–Kier alpha value is -0.0900. The van der Waals surface area contributed by atoms with Gasteiger partial charge in [0.1, 0.15) is 0 Å². The van der Waals surface area contributed by atoms with Crippen LogP contribution in [0, 0.1) is 5.92 Å². The molecule has 0 spiro atoms. The molecule has 3 N–H and O–H groups in total. The van der Waals surface area contributed by atoms with Crippen LogP contribution in [0.5, 0.6) is 0 Å². The van der Waals surface area contributed by atoms with Crippen LogP contribution in [0.1, 0.15) is 31.9 Å². The number of rotatable bonds is 4. The van der Waals surface area contributed by atoms with Crippen molar-refractivity contribution >= 4 is 27.5 Å². The van der Waals surface area contributed by atoms with Crippen molar-refractivity contribution in [1.29, 1.82) is 0 Å². The lowest BCUT2D eigenvalue weighted by Crippen LogP contribution is -2.31. The Morgan fingerprint density at radius 1 is 1.50 bits per heavy atom. The molecular weight excluding hydrogens is 289 g/mol. The fraction of sp³-hybridized carbons (Fsp3) is 0.500. The molecule has 0 saturated heterocycles. The number of hydrogen-bond acceptors (Lipinski definition) is 2. The van der Waals surface area contributed by atoms with Crippen LogP contribution in [0.15, 0.2) is 22.7 Å². The van der Waals surface area contributed by atoms with Gasteiger partial charge in [-0.15, -0.1) is 0 Å². The molecule has 90 valence electrons. The van der Waals surface area contributed by atoms with Gasteiger partial charge in [0, 0.05) is 9.50 Å². The topological polar surface area (TPSA) is 46.2 Å². The molecule has 16 heavy (non-hydrogen) atoms. The van der Waals surface area contributed by atoms with E-state index in [9.17, 15) is 5.11 Å². The zero-order valence-electron chi connectivity index (χ0n) is 9.45. The van der Waals surface area contributed by atoms with Gasteiger partial charge in [-0.3, -0.25) is 0 Å². The van der Waals surface area contributed by atoms with E-state index in [1.54, 1.807) is 12.1 Å². The Balaban J connectivity index is 2.91. The molecule has 3 atom stereocenters. The molecule has 0 heterocycles. The van der Waals surface area contributed by atoms with Crippen molar-refractivity contribution in [3.63, 3.8) is 0 Å². The third-order valence-electron chi connectivity index (χ3n) is 2.92. The van der Waals surface area contributed by atoms with Crippen molar-refractivity contribution in [1.82, 2.24) is 0 Å². The maximum Gasteiger partial charge on any atom is 0.0758 e. The minimum Gasteiger partial charge on any atom is -0.391 e. The van der Waals surface area contributed by atoms with Gasteiger partial charge in [-0.2, -0.15) is 0 Å². The van der Waals surface area contributed by atoms with Gasteiger partial charge in [-0.1, -0.05) is 53.9 Å². The molecule has 0 aliphatic heterocycles. The van der Waals surface area contributed by atoms with E-state index in [4.69, 9.17) is 17.3 Å². The second kappa shape index (κ2) is 6.01. The predicted octanol–water partition coefficient (Wildman–Crippen LogP) is 3.51. The van der Waals surface area contributed by atoms with Crippen LogP contribution in [0.25, 0.3) is 0 Å². The van der Waals surface area contributed by atoms with Crippen molar-refractivity contribution in [2.45, 2.75) is 32.4 Å². The molecule has 4 heteroatoms. The molecular formula is C12H17BrClNO. The average Bonchev–Trinajstić information content (AvgIpc) is 2.26. The summed E-state index contributed by atoms with van der Waals surface area (Å²) in [7, 11) is 0. The van der Waals surface area contributed by atoms with Crippen molar-refractivity contribution < 1.29 is 5.11 Å². The zero-order chi connectivity index (χ0) is 12.3. The lowest BCUT2D eigenvalue weighted by Gasteiger charge is -2.25. The second-order valence-corrected chi connectivity index (χ2v) is 5.36.